The molecule has 0 bridgehead atoms. The molecule has 312 valence electrons. The highest BCUT2D eigenvalue weighted by Gasteiger charge is 2.56. The molecule has 3 aliphatic rings. The van der Waals surface area contributed by atoms with Crippen molar-refractivity contribution in [2.24, 2.45) is 17.8 Å². The minimum Gasteiger partial charge on any atom is -0.506 e. The number of aliphatic hydroxyl groups excluding tert-OH is 1. The highest BCUT2D eigenvalue weighted by atomic mass is 35.5. The number of nitrogens with one attached hydrogen (secondary N) is 2. The number of aryl methyl sites for hydroxylation is 1. The number of hydrogen-bond acceptors (Lipinski definition) is 12. The molecule has 60 heavy (non-hydrogen) atoms. The van der Waals surface area contributed by atoms with Gasteiger partial charge in [0.15, 0.2) is 11.4 Å². The third kappa shape index (κ3) is 7.75. The summed E-state index contributed by atoms with van der Waals surface area (Å²) in [5, 5.41) is 38.2. The third-order valence-corrected chi connectivity index (χ3v) is 13.6. The largest absolute Gasteiger partial charge is 0.506 e. The minimum absolute atomic E-state index is 0.00868. The predicted octanol–water partition coefficient (Wildman–Crippen LogP) is 6.71. The molecule has 7 atom stereocenters. The van der Waals surface area contributed by atoms with Gasteiger partial charge in [0.25, 0.3) is 5.88 Å². The van der Waals surface area contributed by atoms with Crippen LogP contribution < -0.4 is 10.1 Å². The number of phenols is 1. The SMILES string of the molecule is Cc1ncsc1-c1ccc([C@H](C)NC(=O)[C@@H]2C[C@@H](O)CN2C(=O)[C@@H](c2cc(OCCN3C[C@@H]4[C@H](C3)[C@H]4c3cc4cc(-c5cccc(Cl)c5O)nnc4[nH]3)no2)C(C)C)cc1. The van der Waals surface area contributed by atoms with Crippen LogP contribution in [0.15, 0.2) is 70.7 Å². The van der Waals surface area contributed by atoms with Crippen LogP contribution in [0.25, 0.3) is 32.7 Å². The number of β-amino-alcohol motifs (C(OH)–C–C–N with tert-alkyl or cyclic N) is 1. The summed E-state index contributed by atoms with van der Waals surface area (Å²) in [6.07, 6.45) is -0.673. The van der Waals surface area contributed by atoms with Crippen molar-refractivity contribution in [1.29, 1.82) is 0 Å². The molecule has 3 fully saturated rings. The van der Waals surface area contributed by atoms with Crippen LogP contribution >= 0.6 is 22.9 Å². The number of aliphatic hydroxyl groups is 1. The Balaban J connectivity index is 0.772. The fourth-order valence-corrected chi connectivity index (χ4v) is 10.1. The summed E-state index contributed by atoms with van der Waals surface area (Å²) in [4.78, 5) is 40.6. The quantitative estimate of drug-likeness (QED) is 0.0970. The van der Waals surface area contributed by atoms with Crippen molar-refractivity contribution in [1.82, 2.24) is 40.4 Å². The van der Waals surface area contributed by atoms with Gasteiger partial charge in [-0.2, -0.15) is 0 Å². The molecule has 6 heterocycles. The molecule has 4 aromatic heterocycles. The molecule has 1 saturated carbocycles. The lowest BCUT2D eigenvalue weighted by atomic mass is 9.91. The first-order valence-corrected chi connectivity index (χ1v) is 21.6. The van der Waals surface area contributed by atoms with Crippen LogP contribution in [0.5, 0.6) is 11.6 Å². The van der Waals surface area contributed by atoms with E-state index in [9.17, 15) is 19.8 Å². The number of carbonyl (C=O) groups is 2. The van der Waals surface area contributed by atoms with Crippen molar-refractivity contribution < 1.29 is 29.1 Å². The lowest BCUT2D eigenvalue weighted by Crippen LogP contribution is -2.48. The van der Waals surface area contributed by atoms with Crippen molar-refractivity contribution in [3.05, 3.63) is 93.9 Å². The van der Waals surface area contributed by atoms with E-state index in [0.29, 0.717) is 52.9 Å². The summed E-state index contributed by atoms with van der Waals surface area (Å²) in [6.45, 7) is 10.8. The van der Waals surface area contributed by atoms with Crippen LogP contribution in [-0.2, 0) is 9.59 Å². The molecule has 0 radical (unpaired) electrons. The van der Waals surface area contributed by atoms with E-state index in [0.717, 1.165) is 52.4 Å². The summed E-state index contributed by atoms with van der Waals surface area (Å²) in [5.41, 5.74) is 7.78. The van der Waals surface area contributed by atoms with Gasteiger partial charge in [0, 0.05) is 61.2 Å². The number of aromatic hydroxyl groups is 1. The van der Waals surface area contributed by atoms with Crippen molar-refractivity contribution in [2.75, 3.05) is 32.8 Å². The molecule has 0 spiro atoms. The fourth-order valence-electron chi connectivity index (χ4n) is 9.13. The maximum atomic E-state index is 14.2. The Morgan fingerprint density at radius 2 is 1.85 bits per heavy atom. The number of para-hydroxylation sites is 1. The molecule has 4 N–H and O–H groups in total. The number of ether oxygens (including phenoxy) is 1. The summed E-state index contributed by atoms with van der Waals surface area (Å²) in [6, 6.07) is 17.8. The van der Waals surface area contributed by atoms with Gasteiger partial charge >= 0.3 is 0 Å². The van der Waals surface area contributed by atoms with Crippen LogP contribution in [0.3, 0.4) is 0 Å². The predicted molar refractivity (Wildman–Crippen MR) is 227 cm³/mol. The highest BCUT2D eigenvalue weighted by Crippen LogP contribution is 2.58. The van der Waals surface area contributed by atoms with Gasteiger partial charge in [0.2, 0.25) is 11.8 Å². The number of thiazole rings is 1. The van der Waals surface area contributed by atoms with Crippen molar-refractivity contribution >= 4 is 45.8 Å². The van der Waals surface area contributed by atoms with Crippen LogP contribution in [0.1, 0.15) is 67.8 Å². The second kappa shape index (κ2) is 16.3. The van der Waals surface area contributed by atoms with E-state index in [4.69, 9.17) is 20.9 Å². The lowest BCUT2D eigenvalue weighted by Gasteiger charge is -2.29. The first-order valence-electron chi connectivity index (χ1n) is 20.4. The Kier molecular flexibility index (Phi) is 10.9. The molecule has 2 aliphatic heterocycles. The van der Waals surface area contributed by atoms with Gasteiger partial charge in [-0.05, 0) is 72.2 Å². The zero-order chi connectivity index (χ0) is 41.8. The molecule has 2 amide bonds. The Bertz CT molecular complexity index is 2530. The van der Waals surface area contributed by atoms with Crippen LogP contribution in [0, 0.1) is 24.7 Å². The molecular weight excluding hydrogens is 804 g/mol. The van der Waals surface area contributed by atoms with E-state index < -0.39 is 18.1 Å². The zero-order valence-electron chi connectivity index (χ0n) is 33.7. The first-order chi connectivity index (χ1) is 28.9. The third-order valence-electron chi connectivity index (χ3n) is 12.3. The number of halogens is 1. The summed E-state index contributed by atoms with van der Waals surface area (Å²) in [5.74, 6) is 0.634. The number of carbonyl (C=O) groups excluding carboxylic acids is 2. The monoisotopic (exact) mass is 850 g/mol. The normalized spacial score (nSPS) is 22.3. The second-order valence-corrected chi connectivity index (χ2v) is 17.9. The Labute approximate surface area is 355 Å². The van der Waals surface area contributed by atoms with Gasteiger partial charge in [-0.15, -0.1) is 21.5 Å². The summed E-state index contributed by atoms with van der Waals surface area (Å²) >= 11 is 7.71. The number of aromatic nitrogens is 5. The number of piperidine rings is 1. The Morgan fingerprint density at radius 3 is 2.58 bits per heavy atom. The maximum Gasteiger partial charge on any atom is 0.254 e. The van der Waals surface area contributed by atoms with E-state index in [-0.39, 0.29) is 47.5 Å². The number of amides is 2. The molecule has 6 aromatic rings. The second-order valence-electron chi connectivity index (χ2n) is 16.7. The molecule has 14 nitrogen and oxygen atoms in total. The van der Waals surface area contributed by atoms with Crippen LogP contribution in [0.4, 0.5) is 0 Å². The first kappa shape index (κ1) is 40.1. The molecule has 16 heteroatoms. The fraction of sp³-hybridized carbons (Fsp3) is 0.409. The molecule has 0 unspecified atom stereocenters. The highest BCUT2D eigenvalue weighted by molar-refractivity contribution is 7.13. The number of likely N-dealkylation sites (tertiary alicyclic amines) is 2. The maximum absolute atomic E-state index is 14.2. The average molecular weight is 851 g/mol. The van der Waals surface area contributed by atoms with Gasteiger partial charge in [0.05, 0.1) is 38.9 Å². The van der Waals surface area contributed by atoms with E-state index in [1.165, 1.54) is 4.90 Å². The average Bonchev–Trinajstić information content (AvgIpc) is 3.92. The zero-order valence-corrected chi connectivity index (χ0v) is 35.3. The van der Waals surface area contributed by atoms with Crippen molar-refractivity contribution in [3.8, 4) is 33.3 Å². The number of H-pyrrole nitrogens is 1. The van der Waals surface area contributed by atoms with Crippen LogP contribution in [0.2, 0.25) is 5.02 Å². The van der Waals surface area contributed by atoms with Gasteiger partial charge in [-0.1, -0.05) is 55.8 Å². The number of rotatable bonds is 13. The van der Waals surface area contributed by atoms with Gasteiger partial charge in [-0.3, -0.25) is 14.5 Å². The van der Waals surface area contributed by atoms with Crippen molar-refractivity contribution in [3.63, 3.8) is 0 Å². The molecule has 9 rings (SSSR count). The molecule has 2 aromatic carbocycles. The number of phenolic OH excluding ortho intramolecular Hbond substituents is 1. The van der Waals surface area contributed by atoms with E-state index in [1.54, 1.807) is 35.6 Å². The topological polar surface area (TPSA) is 183 Å². The number of hydrogen-bond donors (Lipinski definition) is 4. The molecular formula is C44H47ClN8O6S. The smallest absolute Gasteiger partial charge is 0.254 e. The number of nitrogens with zero attached hydrogens (tertiary/aromatic N) is 6. The standard InChI is InChI=1S/C44H47ClN8O6S/c1-22(2)38(44(57)53-18-28(54)16-35(53)43(56)47-23(3)25-8-10-26(11-9-25)41-24(4)46-21-60-41)36-17-37(51-59-36)58-13-12-52-19-30-31(20-52)39(30)34-15-27-14-33(49-50-42(27)48-34)29-6-5-7-32(45)40(29)55/h5-11,14-15,17,21-23,28,30-31,35,38-39,54-55H,12-13,16,18-20H2,1-4H3,(H,47,56)(H,48,50)/t23-,28+,30-,31+,35-,38+,39+/m0/s1. The number of fused-ring (bicyclic) bond motifs is 2. The van der Waals surface area contributed by atoms with E-state index in [2.05, 4.69) is 41.6 Å². The summed E-state index contributed by atoms with van der Waals surface area (Å²) in [7, 11) is 0. The number of benzene rings is 2. The molecule has 1 aliphatic carbocycles. The van der Waals surface area contributed by atoms with Gasteiger partial charge in [0.1, 0.15) is 24.3 Å². The van der Waals surface area contributed by atoms with Crippen LogP contribution in [-0.4, -0.2) is 102 Å². The number of aromatic amines is 1. The Morgan fingerprint density at radius 1 is 1.07 bits per heavy atom. The minimum atomic E-state index is -0.826. The molecule has 2 saturated heterocycles. The van der Waals surface area contributed by atoms with Gasteiger partial charge < -0.3 is 34.7 Å². The van der Waals surface area contributed by atoms with E-state index in [1.807, 2.05) is 63.5 Å². The lowest BCUT2D eigenvalue weighted by molar-refractivity contribution is -0.141. The Hall–Kier alpha value is -5.35. The van der Waals surface area contributed by atoms with Gasteiger partial charge in [-0.25, -0.2) is 4.98 Å². The van der Waals surface area contributed by atoms with Crippen molar-refractivity contribution in [2.45, 2.75) is 64.1 Å². The van der Waals surface area contributed by atoms with E-state index >= 15 is 0 Å². The summed E-state index contributed by atoms with van der Waals surface area (Å²) < 4.78 is 11.7.